The van der Waals surface area contributed by atoms with Crippen LogP contribution in [0.4, 0.5) is 23.2 Å². The van der Waals surface area contributed by atoms with Gasteiger partial charge in [0.2, 0.25) is 10.0 Å². The van der Waals surface area contributed by atoms with Gasteiger partial charge < -0.3 is 0 Å². The van der Waals surface area contributed by atoms with E-state index in [1.807, 2.05) is 0 Å². The Morgan fingerprint density at radius 2 is 1.81 bits per heavy atom. The molecule has 0 atom stereocenters. The van der Waals surface area contributed by atoms with Crippen LogP contribution in [0.15, 0.2) is 18.2 Å². The van der Waals surface area contributed by atoms with Crippen LogP contribution in [-0.2, 0) is 16.2 Å². The van der Waals surface area contributed by atoms with Crippen LogP contribution in [-0.4, -0.2) is 14.7 Å². The highest BCUT2D eigenvalue weighted by Gasteiger charge is 2.31. The molecule has 0 aliphatic heterocycles. The van der Waals surface area contributed by atoms with Crippen molar-refractivity contribution >= 4 is 15.7 Å². The lowest BCUT2D eigenvalue weighted by Gasteiger charge is -2.10. The molecule has 0 amide bonds. The summed E-state index contributed by atoms with van der Waals surface area (Å²) in [6, 6.07) is 1.48. The van der Waals surface area contributed by atoms with Gasteiger partial charge in [-0.25, -0.2) is 12.8 Å². The Morgan fingerprint density at radius 3 is 2.25 bits per heavy atom. The standard InChI is InChI=1S/C8H7F4NO2S/c1-16(14,15)13-7-4-5(8(10,11)12)2-3-6(7)9/h2-4,13H,1H3. The fraction of sp³-hybridized carbons (Fsp3) is 0.250. The smallest absolute Gasteiger partial charge is 0.281 e. The quantitative estimate of drug-likeness (QED) is 0.826. The molecule has 0 aliphatic carbocycles. The number of rotatable bonds is 2. The highest BCUT2D eigenvalue weighted by atomic mass is 32.2. The third-order valence-corrected chi connectivity index (χ3v) is 2.18. The van der Waals surface area contributed by atoms with Gasteiger partial charge in [0, 0.05) is 0 Å². The number of hydrogen-bond acceptors (Lipinski definition) is 2. The Kier molecular flexibility index (Phi) is 3.13. The monoisotopic (exact) mass is 257 g/mol. The molecule has 1 aromatic rings. The van der Waals surface area contributed by atoms with Crippen molar-refractivity contribution in [1.82, 2.24) is 0 Å². The van der Waals surface area contributed by atoms with Crippen molar-refractivity contribution in [2.45, 2.75) is 6.18 Å². The van der Waals surface area contributed by atoms with E-state index in [4.69, 9.17) is 0 Å². The molecule has 0 aliphatic rings. The van der Waals surface area contributed by atoms with Crippen molar-refractivity contribution < 1.29 is 26.0 Å². The second-order valence-electron chi connectivity index (χ2n) is 3.07. The Labute approximate surface area is 89.1 Å². The predicted molar refractivity (Wildman–Crippen MR) is 49.9 cm³/mol. The number of anilines is 1. The number of benzene rings is 1. The molecule has 8 heteroatoms. The first kappa shape index (κ1) is 12.8. The zero-order valence-corrected chi connectivity index (χ0v) is 8.79. The Balaban J connectivity index is 3.20. The third-order valence-electron chi connectivity index (χ3n) is 1.59. The van der Waals surface area contributed by atoms with Gasteiger partial charge in [-0.1, -0.05) is 0 Å². The van der Waals surface area contributed by atoms with Crippen LogP contribution in [0, 0.1) is 5.82 Å². The van der Waals surface area contributed by atoms with Gasteiger partial charge in [-0.3, -0.25) is 4.72 Å². The van der Waals surface area contributed by atoms with E-state index >= 15 is 0 Å². The zero-order chi connectivity index (χ0) is 12.6. The van der Waals surface area contributed by atoms with Crippen LogP contribution >= 0.6 is 0 Å². The van der Waals surface area contributed by atoms with Crippen molar-refractivity contribution in [1.29, 1.82) is 0 Å². The van der Waals surface area contributed by atoms with E-state index in [1.165, 1.54) is 0 Å². The van der Waals surface area contributed by atoms with E-state index in [2.05, 4.69) is 0 Å². The highest BCUT2D eigenvalue weighted by molar-refractivity contribution is 7.92. The Bertz CT molecular complexity index is 495. The molecular formula is C8H7F4NO2S. The van der Waals surface area contributed by atoms with Crippen LogP contribution in [0.3, 0.4) is 0 Å². The molecule has 0 bridgehead atoms. The van der Waals surface area contributed by atoms with Gasteiger partial charge in [0.1, 0.15) is 5.82 Å². The average Bonchev–Trinajstić information content (AvgIpc) is 2.04. The summed E-state index contributed by atoms with van der Waals surface area (Å²) in [5.74, 6) is -1.07. The maximum atomic E-state index is 13.0. The second-order valence-corrected chi connectivity index (χ2v) is 4.82. The summed E-state index contributed by atoms with van der Waals surface area (Å²) in [4.78, 5) is 0. The Hall–Kier alpha value is -1.31. The lowest BCUT2D eigenvalue weighted by Crippen LogP contribution is -2.13. The minimum Gasteiger partial charge on any atom is -0.281 e. The number of sulfonamides is 1. The fourth-order valence-electron chi connectivity index (χ4n) is 0.980. The summed E-state index contributed by atoms with van der Waals surface area (Å²) < 4.78 is 72.9. The first-order valence-electron chi connectivity index (χ1n) is 3.94. The minimum atomic E-state index is -4.65. The zero-order valence-electron chi connectivity index (χ0n) is 7.97. The largest absolute Gasteiger partial charge is 0.416 e. The van der Waals surface area contributed by atoms with E-state index < -0.39 is 33.3 Å². The molecule has 1 aromatic carbocycles. The molecule has 1 N–H and O–H groups in total. The van der Waals surface area contributed by atoms with Crippen molar-refractivity contribution in [3.63, 3.8) is 0 Å². The van der Waals surface area contributed by atoms with Crippen LogP contribution < -0.4 is 4.72 Å². The summed E-state index contributed by atoms with van der Waals surface area (Å²) in [6.07, 6.45) is -3.94. The average molecular weight is 257 g/mol. The van der Waals surface area contributed by atoms with Crippen molar-refractivity contribution in [2.24, 2.45) is 0 Å². The van der Waals surface area contributed by atoms with Gasteiger partial charge in [0.25, 0.3) is 0 Å². The van der Waals surface area contributed by atoms with E-state index in [9.17, 15) is 26.0 Å². The molecule has 0 unspecified atom stereocenters. The summed E-state index contributed by atoms with van der Waals surface area (Å²) in [5, 5.41) is 0. The lowest BCUT2D eigenvalue weighted by atomic mass is 10.2. The summed E-state index contributed by atoms with van der Waals surface area (Å²) in [7, 11) is -3.82. The molecule has 90 valence electrons. The summed E-state index contributed by atoms with van der Waals surface area (Å²) in [5.41, 5.74) is -1.85. The van der Waals surface area contributed by atoms with Crippen LogP contribution in [0.2, 0.25) is 0 Å². The van der Waals surface area contributed by atoms with Crippen LogP contribution in [0.1, 0.15) is 5.56 Å². The van der Waals surface area contributed by atoms with Crippen molar-refractivity contribution in [2.75, 3.05) is 11.0 Å². The molecule has 0 heterocycles. The minimum absolute atomic E-state index is 0.399. The number of nitrogens with one attached hydrogen (secondary N) is 1. The lowest BCUT2D eigenvalue weighted by molar-refractivity contribution is -0.137. The van der Waals surface area contributed by atoms with Crippen molar-refractivity contribution in [3.8, 4) is 0 Å². The van der Waals surface area contributed by atoms with E-state index in [-0.39, 0.29) is 0 Å². The van der Waals surface area contributed by atoms with Gasteiger partial charge >= 0.3 is 6.18 Å². The molecule has 0 aromatic heterocycles. The summed E-state index contributed by atoms with van der Waals surface area (Å²) in [6.45, 7) is 0. The van der Waals surface area contributed by atoms with E-state index in [1.54, 1.807) is 4.72 Å². The predicted octanol–water partition coefficient (Wildman–Crippen LogP) is 2.22. The van der Waals surface area contributed by atoms with Gasteiger partial charge in [0.15, 0.2) is 0 Å². The van der Waals surface area contributed by atoms with E-state index in [0.29, 0.717) is 24.5 Å². The molecule has 0 saturated heterocycles. The maximum Gasteiger partial charge on any atom is 0.416 e. The number of alkyl halides is 3. The SMILES string of the molecule is CS(=O)(=O)Nc1cc(C(F)(F)F)ccc1F. The first-order valence-corrected chi connectivity index (χ1v) is 5.83. The molecule has 1 rings (SSSR count). The number of halogens is 4. The molecule has 0 fully saturated rings. The first-order chi connectivity index (χ1) is 7.09. The molecule has 0 radical (unpaired) electrons. The van der Waals surface area contributed by atoms with E-state index in [0.717, 1.165) is 0 Å². The highest BCUT2D eigenvalue weighted by Crippen LogP contribution is 2.31. The second kappa shape index (κ2) is 3.93. The molecule has 0 spiro atoms. The van der Waals surface area contributed by atoms with Crippen molar-refractivity contribution in [3.05, 3.63) is 29.6 Å². The van der Waals surface area contributed by atoms with Gasteiger partial charge in [-0.05, 0) is 18.2 Å². The maximum absolute atomic E-state index is 13.0. The van der Waals surface area contributed by atoms with Gasteiger partial charge in [0.05, 0.1) is 17.5 Å². The van der Waals surface area contributed by atoms with Crippen LogP contribution in [0.25, 0.3) is 0 Å². The van der Waals surface area contributed by atoms with Gasteiger partial charge in [-0.15, -0.1) is 0 Å². The number of hydrogen-bond donors (Lipinski definition) is 1. The van der Waals surface area contributed by atoms with Crippen LogP contribution in [0.5, 0.6) is 0 Å². The Morgan fingerprint density at radius 1 is 1.25 bits per heavy atom. The fourth-order valence-corrected chi connectivity index (χ4v) is 1.54. The third kappa shape index (κ3) is 3.37. The molecular weight excluding hydrogens is 250 g/mol. The topological polar surface area (TPSA) is 46.2 Å². The summed E-state index contributed by atoms with van der Waals surface area (Å²) >= 11 is 0. The molecule has 0 saturated carbocycles. The molecule has 16 heavy (non-hydrogen) atoms. The van der Waals surface area contributed by atoms with Gasteiger partial charge in [-0.2, -0.15) is 13.2 Å². The molecule has 3 nitrogen and oxygen atoms in total. The normalized spacial score (nSPS) is 12.6.